The van der Waals surface area contributed by atoms with Gasteiger partial charge in [-0.05, 0) is 55.0 Å². The lowest BCUT2D eigenvalue weighted by Crippen LogP contribution is -2.48. The number of halogens is 1. The zero-order chi connectivity index (χ0) is 22.9. The number of aryl methyl sites for hydroxylation is 1. The van der Waals surface area contributed by atoms with E-state index < -0.39 is 16.1 Å². The number of nitrogens with zero attached hydrogens (tertiary/aromatic N) is 1. The summed E-state index contributed by atoms with van der Waals surface area (Å²) in [7, 11) is -3.71. The molecule has 0 fully saturated rings. The highest BCUT2D eigenvalue weighted by Gasteiger charge is 2.31. The number of amides is 1. The lowest BCUT2D eigenvalue weighted by Gasteiger charge is -2.30. The smallest absolute Gasteiger partial charge is 0.244 e. The Morgan fingerprint density at radius 3 is 2.13 bits per heavy atom. The molecule has 0 saturated carbocycles. The van der Waals surface area contributed by atoms with Crippen LogP contribution in [0.2, 0.25) is 5.02 Å². The largest absolute Gasteiger partial charge is 0.348 e. The summed E-state index contributed by atoms with van der Waals surface area (Å²) in [6.45, 7) is 11.7. The Morgan fingerprint density at radius 2 is 1.63 bits per heavy atom. The van der Waals surface area contributed by atoms with E-state index in [1.165, 1.54) is 5.56 Å². The van der Waals surface area contributed by atoms with Gasteiger partial charge in [0.25, 0.3) is 0 Å². The van der Waals surface area contributed by atoms with E-state index in [-0.39, 0.29) is 17.4 Å². The second kappa shape index (κ2) is 8.98. The van der Waals surface area contributed by atoms with E-state index in [1.807, 2.05) is 19.1 Å². The van der Waals surface area contributed by atoms with Gasteiger partial charge in [0.2, 0.25) is 15.9 Å². The zero-order valence-corrected chi connectivity index (χ0v) is 20.2. The van der Waals surface area contributed by atoms with Crippen molar-refractivity contribution in [2.24, 2.45) is 0 Å². The molecule has 0 saturated heterocycles. The highest BCUT2D eigenvalue weighted by molar-refractivity contribution is 7.92. The van der Waals surface area contributed by atoms with E-state index >= 15 is 0 Å². The van der Waals surface area contributed by atoms with E-state index in [0.717, 1.165) is 21.7 Å². The van der Waals surface area contributed by atoms with Crippen molar-refractivity contribution < 1.29 is 13.2 Å². The minimum absolute atomic E-state index is 0.0460. The Balaban J connectivity index is 2.26. The van der Waals surface area contributed by atoms with E-state index in [9.17, 15) is 13.2 Å². The molecule has 1 amide bonds. The topological polar surface area (TPSA) is 66.5 Å². The molecule has 0 unspecified atom stereocenters. The fraction of sp³-hybridized carbons (Fsp3) is 0.435. The number of carbonyl (C=O) groups is 1. The van der Waals surface area contributed by atoms with Crippen molar-refractivity contribution in [1.29, 1.82) is 0 Å². The monoisotopic (exact) mass is 450 g/mol. The molecular formula is C23H31ClN2O3S. The maximum Gasteiger partial charge on any atom is 0.244 e. The number of hydrogen-bond acceptors (Lipinski definition) is 3. The summed E-state index contributed by atoms with van der Waals surface area (Å²) in [6.07, 6.45) is 1.09. The van der Waals surface area contributed by atoms with Crippen LogP contribution in [-0.2, 0) is 20.2 Å². The summed E-state index contributed by atoms with van der Waals surface area (Å²) in [4.78, 5) is 13.0. The molecule has 0 radical (unpaired) electrons. The fourth-order valence-electron chi connectivity index (χ4n) is 3.29. The van der Waals surface area contributed by atoms with Crippen molar-refractivity contribution in [3.8, 4) is 0 Å². The molecular weight excluding hydrogens is 420 g/mol. The van der Waals surface area contributed by atoms with Crippen molar-refractivity contribution in [2.75, 3.05) is 10.6 Å². The summed E-state index contributed by atoms with van der Waals surface area (Å²) >= 11 is 6.08. The first-order chi connectivity index (χ1) is 13.7. The van der Waals surface area contributed by atoms with Gasteiger partial charge in [0.05, 0.1) is 18.0 Å². The van der Waals surface area contributed by atoms with Gasteiger partial charge in [-0.15, -0.1) is 0 Å². The van der Waals surface area contributed by atoms with Crippen LogP contribution in [0.5, 0.6) is 0 Å². The summed E-state index contributed by atoms with van der Waals surface area (Å²) in [5.74, 6) is -0.382. The van der Waals surface area contributed by atoms with Crippen LogP contribution in [0.1, 0.15) is 57.4 Å². The average Bonchev–Trinajstić information content (AvgIpc) is 2.62. The van der Waals surface area contributed by atoms with Gasteiger partial charge in [-0.3, -0.25) is 9.10 Å². The van der Waals surface area contributed by atoms with Gasteiger partial charge in [-0.2, -0.15) is 0 Å². The van der Waals surface area contributed by atoms with Gasteiger partial charge in [-0.25, -0.2) is 8.42 Å². The van der Waals surface area contributed by atoms with Gasteiger partial charge in [-0.1, -0.05) is 62.7 Å². The van der Waals surface area contributed by atoms with Gasteiger partial charge < -0.3 is 5.32 Å². The van der Waals surface area contributed by atoms with Crippen molar-refractivity contribution in [1.82, 2.24) is 5.32 Å². The lowest BCUT2D eigenvalue weighted by molar-refractivity contribution is -0.122. The Labute approximate surface area is 185 Å². The molecule has 2 aromatic rings. The van der Waals surface area contributed by atoms with Crippen molar-refractivity contribution in [3.63, 3.8) is 0 Å². The van der Waals surface area contributed by atoms with Crippen LogP contribution in [-0.4, -0.2) is 26.6 Å². The normalized spacial score (nSPS) is 14.1. The summed E-state index contributed by atoms with van der Waals surface area (Å²) in [5.41, 5.74) is 3.32. The predicted molar refractivity (Wildman–Crippen MR) is 125 cm³/mol. The first-order valence-corrected chi connectivity index (χ1v) is 12.1. The SMILES string of the molecule is Cc1ccc(Cl)cc1N([C@H](C)C(=O)N[C@@H](C)c1ccc(C(C)(C)C)cc1)S(C)(=O)=O. The molecule has 0 spiro atoms. The quantitative estimate of drug-likeness (QED) is 0.675. The van der Waals surface area contributed by atoms with Crippen LogP contribution >= 0.6 is 11.6 Å². The van der Waals surface area contributed by atoms with E-state index in [0.29, 0.717) is 10.7 Å². The van der Waals surface area contributed by atoms with Crippen molar-refractivity contribution in [3.05, 3.63) is 64.2 Å². The van der Waals surface area contributed by atoms with E-state index in [4.69, 9.17) is 11.6 Å². The molecule has 0 aliphatic heterocycles. The van der Waals surface area contributed by atoms with Crippen LogP contribution in [0.3, 0.4) is 0 Å². The van der Waals surface area contributed by atoms with Gasteiger partial charge in [0, 0.05) is 5.02 Å². The fourth-order valence-corrected chi connectivity index (χ4v) is 4.68. The molecule has 2 atom stereocenters. The minimum Gasteiger partial charge on any atom is -0.348 e. The third-order valence-corrected chi connectivity index (χ3v) is 6.60. The number of hydrogen-bond donors (Lipinski definition) is 1. The van der Waals surface area contributed by atoms with Crippen molar-refractivity contribution >= 4 is 33.2 Å². The highest BCUT2D eigenvalue weighted by atomic mass is 35.5. The molecule has 1 N–H and O–H groups in total. The van der Waals surface area contributed by atoms with Crippen LogP contribution in [0, 0.1) is 6.92 Å². The second-order valence-electron chi connectivity index (χ2n) is 8.77. The van der Waals surface area contributed by atoms with Gasteiger partial charge in [0.1, 0.15) is 6.04 Å². The third kappa shape index (κ3) is 5.76. The third-order valence-electron chi connectivity index (χ3n) is 5.13. The number of rotatable bonds is 6. The lowest BCUT2D eigenvalue weighted by atomic mass is 9.86. The Morgan fingerprint density at radius 1 is 1.07 bits per heavy atom. The molecule has 5 nitrogen and oxygen atoms in total. The van der Waals surface area contributed by atoms with Crippen LogP contribution in [0.15, 0.2) is 42.5 Å². The number of sulfonamides is 1. The number of benzene rings is 2. The Bertz CT molecular complexity index is 1010. The van der Waals surface area contributed by atoms with Crippen LogP contribution in [0.25, 0.3) is 0 Å². The predicted octanol–water partition coefficient (Wildman–Crippen LogP) is 4.98. The van der Waals surface area contributed by atoms with Crippen molar-refractivity contribution in [2.45, 2.75) is 59.0 Å². The maximum absolute atomic E-state index is 13.0. The summed E-state index contributed by atoms with van der Waals surface area (Å²) in [5, 5.41) is 3.34. The zero-order valence-electron chi connectivity index (χ0n) is 18.7. The van der Waals surface area contributed by atoms with E-state index in [1.54, 1.807) is 32.0 Å². The molecule has 0 heterocycles. The summed E-state index contributed by atoms with van der Waals surface area (Å²) in [6, 6.07) is 11.9. The van der Waals surface area contributed by atoms with Gasteiger partial charge in [0.15, 0.2) is 0 Å². The van der Waals surface area contributed by atoms with Crippen LogP contribution in [0.4, 0.5) is 5.69 Å². The highest BCUT2D eigenvalue weighted by Crippen LogP contribution is 2.29. The molecule has 7 heteroatoms. The maximum atomic E-state index is 13.0. The Kier molecular flexibility index (Phi) is 7.25. The molecule has 0 bridgehead atoms. The van der Waals surface area contributed by atoms with Crippen LogP contribution < -0.4 is 9.62 Å². The molecule has 2 aromatic carbocycles. The molecule has 0 aromatic heterocycles. The summed E-state index contributed by atoms with van der Waals surface area (Å²) < 4.78 is 26.2. The molecule has 0 aliphatic rings. The first-order valence-electron chi connectivity index (χ1n) is 9.88. The van der Waals surface area contributed by atoms with Gasteiger partial charge >= 0.3 is 0 Å². The number of carbonyl (C=O) groups excluding carboxylic acids is 1. The minimum atomic E-state index is -3.71. The average molecular weight is 451 g/mol. The van der Waals surface area contributed by atoms with E-state index in [2.05, 4.69) is 38.2 Å². The molecule has 30 heavy (non-hydrogen) atoms. The molecule has 2 rings (SSSR count). The number of anilines is 1. The molecule has 0 aliphatic carbocycles. The second-order valence-corrected chi connectivity index (χ2v) is 11.1. The standard InChI is InChI=1S/C23H31ClN2O3S/c1-15-8-13-20(24)14-21(15)26(30(7,28)29)17(3)22(27)25-16(2)18-9-11-19(12-10-18)23(4,5)6/h8-14,16-17H,1-7H3,(H,25,27)/t16-,17+/m0/s1. The Hall–Kier alpha value is -2.05. The molecule has 164 valence electrons. The number of nitrogens with one attached hydrogen (secondary N) is 1. The first kappa shape index (κ1) is 24.2.